The first-order valence-corrected chi connectivity index (χ1v) is 7.12. The molecule has 0 bridgehead atoms. The van der Waals surface area contributed by atoms with Gasteiger partial charge in [-0.1, -0.05) is 79.0 Å². The Kier molecular flexibility index (Phi) is 4.45. The van der Waals surface area contributed by atoms with Gasteiger partial charge in [0.15, 0.2) is 0 Å². The Balaban J connectivity index is 3.66. The standard InChI is InChI=1S/C19H28/c1-9-14-15(10-2)17(19(7,8)11-3)13-12-16(14)18(4,5)6/h9-10,12-13H,1-2,11H2,3-8H3. The second kappa shape index (κ2) is 5.36. The highest BCUT2D eigenvalue weighted by molar-refractivity contribution is 5.71. The van der Waals surface area contributed by atoms with Crippen LogP contribution in [0.5, 0.6) is 0 Å². The topological polar surface area (TPSA) is 0 Å². The average Bonchev–Trinajstić information content (AvgIpc) is 2.35. The Morgan fingerprint density at radius 2 is 1.32 bits per heavy atom. The zero-order chi connectivity index (χ0) is 14.8. The van der Waals surface area contributed by atoms with Crippen molar-refractivity contribution in [2.24, 2.45) is 0 Å². The highest BCUT2D eigenvalue weighted by atomic mass is 14.3. The van der Waals surface area contributed by atoms with Crippen LogP contribution < -0.4 is 0 Å². The minimum Gasteiger partial charge on any atom is -0.0984 e. The largest absolute Gasteiger partial charge is 0.0984 e. The quantitative estimate of drug-likeness (QED) is 0.623. The van der Waals surface area contributed by atoms with Crippen molar-refractivity contribution >= 4 is 12.2 Å². The first-order chi connectivity index (χ1) is 8.69. The van der Waals surface area contributed by atoms with Crippen LogP contribution in [0.2, 0.25) is 0 Å². The van der Waals surface area contributed by atoms with Gasteiger partial charge in [0, 0.05) is 0 Å². The van der Waals surface area contributed by atoms with E-state index in [-0.39, 0.29) is 10.8 Å². The molecule has 0 aromatic heterocycles. The molecule has 0 spiro atoms. The van der Waals surface area contributed by atoms with Gasteiger partial charge in [0.05, 0.1) is 0 Å². The molecule has 0 amide bonds. The lowest BCUT2D eigenvalue weighted by Gasteiger charge is -2.30. The molecule has 104 valence electrons. The van der Waals surface area contributed by atoms with Crippen LogP contribution in [0.3, 0.4) is 0 Å². The number of hydrogen-bond donors (Lipinski definition) is 0. The minimum absolute atomic E-state index is 0.121. The van der Waals surface area contributed by atoms with Crippen molar-refractivity contribution in [3.63, 3.8) is 0 Å². The van der Waals surface area contributed by atoms with Crippen LogP contribution in [0, 0.1) is 0 Å². The summed E-state index contributed by atoms with van der Waals surface area (Å²) in [4.78, 5) is 0. The monoisotopic (exact) mass is 256 g/mol. The second-order valence-corrected chi connectivity index (χ2v) is 6.88. The smallest absolute Gasteiger partial charge is 0.0100 e. The van der Waals surface area contributed by atoms with E-state index in [1.165, 1.54) is 22.3 Å². The molecule has 0 unspecified atom stereocenters. The Bertz CT molecular complexity index is 481. The molecular weight excluding hydrogens is 228 g/mol. The van der Waals surface area contributed by atoms with Crippen molar-refractivity contribution < 1.29 is 0 Å². The van der Waals surface area contributed by atoms with Crippen LogP contribution in [0.1, 0.15) is 70.2 Å². The molecule has 0 aliphatic carbocycles. The first-order valence-electron chi connectivity index (χ1n) is 7.12. The van der Waals surface area contributed by atoms with Crippen molar-refractivity contribution in [2.45, 2.75) is 58.8 Å². The molecule has 0 N–H and O–H groups in total. The third-order valence-corrected chi connectivity index (χ3v) is 4.12. The van der Waals surface area contributed by atoms with E-state index in [9.17, 15) is 0 Å². The Morgan fingerprint density at radius 3 is 1.68 bits per heavy atom. The van der Waals surface area contributed by atoms with E-state index in [4.69, 9.17) is 0 Å². The van der Waals surface area contributed by atoms with Crippen molar-refractivity contribution in [1.29, 1.82) is 0 Å². The molecule has 0 saturated heterocycles. The molecule has 1 aromatic rings. The van der Waals surface area contributed by atoms with Crippen molar-refractivity contribution in [3.05, 3.63) is 47.5 Å². The number of hydrogen-bond acceptors (Lipinski definition) is 0. The predicted octanol–water partition coefficient (Wildman–Crippen LogP) is 5.96. The molecular formula is C19H28. The predicted molar refractivity (Wildman–Crippen MR) is 88.6 cm³/mol. The fraction of sp³-hybridized carbons (Fsp3) is 0.474. The highest BCUT2D eigenvalue weighted by Gasteiger charge is 2.25. The average molecular weight is 256 g/mol. The van der Waals surface area contributed by atoms with Crippen LogP contribution in [0.15, 0.2) is 25.3 Å². The van der Waals surface area contributed by atoms with Gasteiger partial charge in [-0.3, -0.25) is 0 Å². The van der Waals surface area contributed by atoms with Gasteiger partial charge < -0.3 is 0 Å². The number of benzene rings is 1. The van der Waals surface area contributed by atoms with Crippen LogP contribution in [-0.2, 0) is 10.8 Å². The lowest BCUT2D eigenvalue weighted by atomic mass is 9.74. The highest BCUT2D eigenvalue weighted by Crippen LogP contribution is 2.37. The lowest BCUT2D eigenvalue weighted by molar-refractivity contribution is 0.504. The van der Waals surface area contributed by atoms with Crippen LogP contribution in [0.4, 0.5) is 0 Å². The lowest BCUT2D eigenvalue weighted by Crippen LogP contribution is -2.20. The van der Waals surface area contributed by atoms with E-state index < -0.39 is 0 Å². The van der Waals surface area contributed by atoms with Gasteiger partial charge >= 0.3 is 0 Å². The van der Waals surface area contributed by atoms with Gasteiger partial charge in [-0.05, 0) is 39.5 Å². The van der Waals surface area contributed by atoms with E-state index >= 15 is 0 Å². The minimum atomic E-state index is 0.121. The van der Waals surface area contributed by atoms with Gasteiger partial charge in [0.25, 0.3) is 0 Å². The van der Waals surface area contributed by atoms with Crippen molar-refractivity contribution in [2.75, 3.05) is 0 Å². The molecule has 1 rings (SSSR count). The maximum atomic E-state index is 4.02. The zero-order valence-electron chi connectivity index (χ0n) is 13.4. The maximum Gasteiger partial charge on any atom is -0.0100 e. The van der Waals surface area contributed by atoms with E-state index in [1.807, 2.05) is 12.2 Å². The SMILES string of the molecule is C=Cc1c(C(C)(C)C)ccc(C(C)(C)CC)c1C=C. The van der Waals surface area contributed by atoms with Gasteiger partial charge in [0.2, 0.25) is 0 Å². The van der Waals surface area contributed by atoms with E-state index in [0.29, 0.717) is 0 Å². The maximum absolute atomic E-state index is 4.02. The van der Waals surface area contributed by atoms with Crippen LogP contribution in [0.25, 0.3) is 12.2 Å². The summed E-state index contributed by atoms with van der Waals surface area (Å²) in [7, 11) is 0. The van der Waals surface area contributed by atoms with E-state index in [1.54, 1.807) is 0 Å². The van der Waals surface area contributed by atoms with Gasteiger partial charge in [-0.15, -0.1) is 0 Å². The molecule has 0 aliphatic heterocycles. The Morgan fingerprint density at radius 1 is 0.895 bits per heavy atom. The molecule has 0 atom stereocenters. The normalized spacial score (nSPS) is 12.3. The van der Waals surface area contributed by atoms with Gasteiger partial charge in [-0.25, -0.2) is 0 Å². The fourth-order valence-corrected chi connectivity index (χ4v) is 2.51. The molecule has 0 nitrogen and oxygen atoms in total. The number of rotatable bonds is 4. The second-order valence-electron chi connectivity index (χ2n) is 6.88. The zero-order valence-corrected chi connectivity index (χ0v) is 13.4. The van der Waals surface area contributed by atoms with Crippen LogP contribution in [-0.4, -0.2) is 0 Å². The summed E-state index contributed by atoms with van der Waals surface area (Å²) in [5.74, 6) is 0. The molecule has 0 fully saturated rings. The molecule has 1 aromatic carbocycles. The van der Waals surface area contributed by atoms with E-state index in [0.717, 1.165) is 6.42 Å². The Labute approximate surface area is 119 Å². The third kappa shape index (κ3) is 3.00. The molecule has 19 heavy (non-hydrogen) atoms. The summed E-state index contributed by atoms with van der Waals surface area (Å²) >= 11 is 0. The summed E-state index contributed by atoms with van der Waals surface area (Å²) in [5.41, 5.74) is 5.48. The van der Waals surface area contributed by atoms with Crippen molar-refractivity contribution in [3.8, 4) is 0 Å². The summed E-state index contributed by atoms with van der Waals surface area (Å²) in [6.07, 6.45) is 5.07. The first kappa shape index (κ1) is 15.8. The fourth-order valence-electron chi connectivity index (χ4n) is 2.51. The third-order valence-electron chi connectivity index (χ3n) is 4.12. The van der Waals surface area contributed by atoms with Crippen molar-refractivity contribution in [1.82, 2.24) is 0 Å². The summed E-state index contributed by atoms with van der Waals surface area (Å²) in [6.45, 7) is 21.6. The van der Waals surface area contributed by atoms with E-state index in [2.05, 4.69) is 66.8 Å². The molecule has 0 saturated carbocycles. The molecule has 0 radical (unpaired) electrons. The summed E-state index contributed by atoms with van der Waals surface area (Å²) in [6, 6.07) is 4.53. The molecule has 0 heteroatoms. The van der Waals surface area contributed by atoms with Crippen LogP contribution >= 0.6 is 0 Å². The Hall–Kier alpha value is -1.30. The summed E-state index contributed by atoms with van der Waals surface area (Å²) in [5, 5.41) is 0. The van der Waals surface area contributed by atoms with Gasteiger partial charge in [-0.2, -0.15) is 0 Å². The molecule has 0 heterocycles. The molecule has 0 aliphatic rings. The summed E-state index contributed by atoms with van der Waals surface area (Å²) < 4.78 is 0. The van der Waals surface area contributed by atoms with Gasteiger partial charge in [0.1, 0.15) is 0 Å².